The minimum atomic E-state index is -0.453. The van der Waals surface area contributed by atoms with E-state index in [1.165, 1.54) is 19.2 Å². The van der Waals surface area contributed by atoms with Crippen LogP contribution < -0.4 is 5.43 Å². The highest BCUT2D eigenvalue weighted by molar-refractivity contribution is 8.00. The molecule has 8 heteroatoms. The summed E-state index contributed by atoms with van der Waals surface area (Å²) in [4.78, 5) is 22.7. The summed E-state index contributed by atoms with van der Waals surface area (Å²) in [6.45, 7) is 0. The molecule has 0 radical (unpaired) electrons. The first kappa shape index (κ1) is 19.5. The molecular weight excluding hydrogens is 354 g/mol. The van der Waals surface area contributed by atoms with Crippen molar-refractivity contribution in [3.05, 3.63) is 64.7 Å². The molecule has 0 saturated carbocycles. The molecule has 0 heterocycles. The molecule has 0 unspecified atom stereocenters. The molecule has 0 aliphatic carbocycles. The summed E-state index contributed by atoms with van der Waals surface area (Å²) in [5, 5.41) is 15.0. The first-order valence-corrected chi connectivity index (χ1v) is 8.87. The topological polar surface area (TPSA) is 93.8 Å². The number of ether oxygens (including phenoxy) is 1. The Morgan fingerprint density at radius 3 is 2.46 bits per heavy atom. The smallest absolute Gasteiger partial charge is 0.305 e. The maximum atomic E-state index is 11.4. The second kappa shape index (κ2) is 10.2. The Morgan fingerprint density at radius 1 is 1.15 bits per heavy atom. The number of non-ortho nitro benzene ring substituents is 1. The van der Waals surface area contributed by atoms with Gasteiger partial charge < -0.3 is 4.74 Å². The minimum Gasteiger partial charge on any atom is -0.469 e. The number of hydrazone groups is 1. The van der Waals surface area contributed by atoms with Gasteiger partial charge in [0.15, 0.2) is 0 Å². The Morgan fingerprint density at radius 2 is 1.85 bits per heavy atom. The zero-order valence-electron chi connectivity index (χ0n) is 14.3. The van der Waals surface area contributed by atoms with Crippen molar-refractivity contribution in [2.24, 2.45) is 5.10 Å². The lowest BCUT2D eigenvalue weighted by Gasteiger charge is -2.08. The fourth-order valence-corrected chi connectivity index (χ4v) is 2.89. The van der Waals surface area contributed by atoms with Crippen LogP contribution in [0.2, 0.25) is 0 Å². The number of nitro groups is 1. The molecule has 0 saturated heterocycles. The van der Waals surface area contributed by atoms with Crippen LogP contribution in [-0.2, 0) is 9.53 Å². The van der Waals surface area contributed by atoms with Gasteiger partial charge in [0.25, 0.3) is 5.69 Å². The lowest BCUT2D eigenvalue weighted by molar-refractivity contribution is -0.384. The van der Waals surface area contributed by atoms with Gasteiger partial charge in [0.2, 0.25) is 0 Å². The van der Waals surface area contributed by atoms with Crippen LogP contribution in [0.1, 0.15) is 12.8 Å². The number of carbonyl (C=O) groups is 1. The van der Waals surface area contributed by atoms with Crippen molar-refractivity contribution in [3.8, 4) is 0 Å². The van der Waals surface area contributed by atoms with Crippen LogP contribution in [0.3, 0.4) is 0 Å². The van der Waals surface area contributed by atoms with E-state index in [4.69, 9.17) is 0 Å². The van der Waals surface area contributed by atoms with Gasteiger partial charge in [-0.05, 0) is 30.7 Å². The molecule has 26 heavy (non-hydrogen) atoms. The number of nitro benzene ring substituents is 1. The summed E-state index contributed by atoms with van der Waals surface area (Å²) in [6, 6.07) is 15.9. The standard InChI is InChI=1S/C18H19N3O4S/c1-25-18(22)12-9-15(13-26-17-5-3-2-4-6-17)20-19-14-7-10-16(11-8-14)21(23)24/h2-8,10-11,19H,9,12-13H2,1H3/b20-15-. The number of nitrogens with zero attached hydrogens (tertiary/aromatic N) is 2. The van der Waals surface area contributed by atoms with Crippen molar-refractivity contribution in [1.82, 2.24) is 0 Å². The molecule has 2 rings (SSSR count). The van der Waals surface area contributed by atoms with E-state index in [1.54, 1.807) is 23.9 Å². The van der Waals surface area contributed by atoms with Crippen LogP contribution in [0.15, 0.2) is 64.6 Å². The molecular formula is C18H19N3O4S. The van der Waals surface area contributed by atoms with E-state index in [9.17, 15) is 14.9 Å². The summed E-state index contributed by atoms with van der Waals surface area (Å²) in [6.07, 6.45) is 0.707. The van der Waals surface area contributed by atoms with Gasteiger partial charge >= 0.3 is 5.97 Å². The third-order valence-corrected chi connectivity index (χ3v) is 4.50. The molecule has 136 valence electrons. The number of hydrogen-bond donors (Lipinski definition) is 1. The van der Waals surface area contributed by atoms with Gasteiger partial charge in [-0.3, -0.25) is 20.3 Å². The molecule has 0 amide bonds. The van der Waals surface area contributed by atoms with Gasteiger partial charge in [-0.15, -0.1) is 11.8 Å². The molecule has 0 aliphatic heterocycles. The largest absolute Gasteiger partial charge is 0.469 e. The Kier molecular flexibility index (Phi) is 7.63. The number of anilines is 1. The number of benzene rings is 2. The fourth-order valence-electron chi connectivity index (χ4n) is 1.99. The zero-order valence-corrected chi connectivity index (χ0v) is 15.1. The van der Waals surface area contributed by atoms with Gasteiger partial charge in [0, 0.05) is 28.5 Å². The number of nitrogens with one attached hydrogen (secondary N) is 1. The van der Waals surface area contributed by atoms with Gasteiger partial charge in [-0.1, -0.05) is 18.2 Å². The first-order valence-electron chi connectivity index (χ1n) is 7.89. The van der Waals surface area contributed by atoms with Gasteiger partial charge in [0.05, 0.1) is 24.1 Å². The van der Waals surface area contributed by atoms with Crippen molar-refractivity contribution in [2.75, 3.05) is 18.3 Å². The first-order chi connectivity index (χ1) is 12.6. The van der Waals surface area contributed by atoms with Crippen LogP contribution in [-0.4, -0.2) is 29.5 Å². The average molecular weight is 373 g/mol. The molecule has 0 fully saturated rings. The molecule has 0 aliphatic rings. The second-order valence-electron chi connectivity index (χ2n) is 5.27. The van der Waals surface area contributed by atoms with E-state index >= 15 is 0 Å². The highest BCUT2D eigenvalue weighted by atomic mass is 32.2. The third-order valence-electron chi connectivity index (χ3n) is 3.42. The molecule has 0 atom stereocenters. The van der Waals surface area contributed by atoms with Crippen molar-refractivity contribution >= 4 is 34.8 Å². The average Bonchev–Trinajstić information content (AvgIpc) is 2.68. The predicted molar refractivity (Wildman–Crippen MR) is 103 cm³/mol. The number of methoxy groups -OCH3 is 1. The summed E-state index contributed by atoms with van der Waals surface area (Å²) < 4.78 is 4.68. The Hall–Kier alpha value is -2.87. The Balaban J connectivity index is 2.01. The normalized spacial score (nSPS) is 11.0. The van der Waals surface area contributed by atoms with Crippen LogP contribution in [0.4, 0.5) is 11.4 Å². The highest BCUT2D eigenvalue weighted by Gasteiger charge is 2.08. The Bertz CT molecular complexity index is 764. The maximum Gasteiger partial charge on any atom is 0.305 e. The van der Waals surface area contributed by atoms with E-state index in [2.05, 4.69) is 15.3 Å². The van der Waals surface area contributed by atoms with Crippen LogP contribution in [0.25, 0.3) is 0 Å². The van der Waals surface area contributed by atoms with Crippen molar-refractivity contribution < 1.29 is 14.5 Å². The molecule has 0 aromatic heterocycles. The lowest BCUT2D eigenvalue weighted by Crippen LogP contribution is -2.10. The predicted octanol–water partition coefficient (Wildman–Crippen LogP) is 4.11. The second-order valence-corrected chi connectivity index (χ2v) is 6.32. The number of rotatable bonds is 9. The SMILES string of the molecule is COC(=O)CC/C(CSc1ccccc1)=N/Nc1ccc([N+](=O)[O-])cc1. The van der Waals surface area contributed by atoms with E-state index in [0.717, 1.165) is 10.6 Å². The van der Waals surface area contributed by atoms with Crippen molar-refractivity contribution in [2.45, 2.75) is 17.7 Å². The monoisotopic (exact) mass is 373 g/mol. The maximum absolute atomic E-state index is 11.4. The van der Waals surface area contributed by atoms with Crippen LogP contribution in [0.5, 0.6) is 0 Å². The van der Waals surface area contributed by atoms with E-state index in [1.807, 2.05) is 30.3 Å². The fraction of sp³-hybridized carbons (Fsp3) is 0.222. The molecule has 2 aromatic rings. The van der Waals surface area contributed by atoms with E-state index in [0.29, 0.717) is 17.9 Å². The van der Waals surface area contributed by atoms with Crippen molar-refractivity contribution in [1.29, 1.82) is 0 Å². The molecule has 0 spiro atoms. The van der Waals surface area contributed by atoms with E-state index < -0.39 is 4.92 Å². The molecule has 0 bridgehead atoms. The quantitative estimate of drug-likeness (QED) is 0.234. The zero-order chi connectivity index (χ0) is 18.8. The van der Waals surface area contributed by atoms with E-state index in [-0.39, 0.29) is 18.1 Å². The highest BCUT2D eigenvalue weighted by Crippen LogP contribution is 2.19. The van der Waals surface area contributed by atoms with Crippen LogP contribution >= 0.6 is 11.8 Å². The molecule has 2 aromatic carbocycles. The summed E-state index contributed by atoms with van der Waals surface area (Å²) in [7, 11) is 1.35. The van der Waals surface area contributed by atoms with Gasteiger partial charge in [-0.2, -0.15) is 5.10 Å². The van der Waals surface area contributed by atoms with Gasteiger partial charge in [0.1, 0.15) is 0 Å². The van der Waals surface area contributed by atoms with Crippen LogP contribution in [0, 0.1) is 10.1 Å². The summed E-state index contributed by atoms with van der Waals surface area (Å²) in [5.41, 5.74) is 4.34. The third kappa shape index (κ3) is 6.56. The number of thioether (sulfide) groups is 1. The van der Waals surface area contributed by atoms with Crippen molar-refractivity contribution in [3.63, 3.8) is 0 Å². The molecule has 7 nitrogen and oxygen atoms in total. The number of esters is 1. The van der Waals surface area contributed by atoms with Gasteiger partial charge in [-0.25, -0.2) is 0 Å². The number of carbonyl (C=O) groups excluding carboxylic acids is 1. The minimum absolute atomic E-state index is 0.0186. The Labute approximate surface area is 155 Å². The summed E-state index contributed by atoms with van der Waals surface area (Å²) in [5.74, 6) is 0.318. The lowest BCUT2D eigenvalue weighted by atomic mass is 10.2. The summed E-state index contributed by atoms with van der Waals surface area (Å²) >= 11 is 1.62. The molecule has 1 N–H and O–H groups in total. The number of hydrogen-bond acceptors (Lipinski definition) is 7.